The summed E-state index contributed by atoms with van der Waals surface area (Å²) in [5.41, 5.74) is -1.40. The molecule has 0 aliphatic heterocycles. The van der Waals surface area contributed by atoms with E-state index in [1.807, 2.05) is 0 Å². The van der Waals surface area contributed by atoms with Crippen LogP contribution < -0.4 is 4.74 Å². The number of carbonyl (C=O) groups is 2. The van der Waals surface area contributed by atoms with Gasteiger partial charge in [-0.15, -0.1) is 0 Å². The SMILES string of the molecule is CCCCCCCCCCCCCCCOC(=O)C(CC)(CC)C(=O)Oc1ccccc1F. The van der Waals surface area contributed by atoms with Crippen molar-refractivity contribution in [3.63, 3.8) is 0 Å². The fourth-order valence-electron chi connectivity index (χ4n) is 4.06. The van der Waals surface area contributed by atoms with Gasteiger partial charge in [0.25, 0.3) is 0 Å². The Hall–Kier alpha value is -1.91. The maximum absolute atomic E-state index is 13.8. The molecule has 4 nitrogen and oxygen atoms in total. The van der Waals surface area contributed by atoms with E-state index >= 15 is 0 Å². The van der Waals surface area contributed by atoms with Crippen LogP contribution in [0.5, 0.6) is 5.75 Å². The third-order valence-electron chi connectivity index (χ3n) is 6.51. The molecule has 0 fully saturated rings. The summed E-state index contributed by atoms with van der Waals surface area (Å²) in [7, 11) is 0. The van der Waals surface area contributed by atoms with Gasteiger partial charge in [-0.1, -0.05) is 110 Å². The number of halogens is 1. The van der Waals surface area contributed by atoms with Crippen molar-refractivity contribution in [1.82, 2.24) is 0 Å². The minimum absolute atomic E-state index is 0.168. The van der Waals surface area contributed by atoms with E-state index in [2.05, 4.69) is 6.92 Å². The molecule has 33 heavy (non-hydrogen) atoms. The smallest absolute Gasteiger partial charge is 0.328 e. The van der Waals surface area contributed by atoms with Crippen molar-refractivity contribution in [2.45, 2.75) is 117 Å². The zero-order chi connectivity index (χ0) is 24.4. The first kappa shape index (κ1) is 29.1. The van der Waals surface area contributed by atoms with Crippen LogP contribution in [0.3, 0.4) is 0 Å². The van der Waals surface area contributed by atoms with Gasteiger partial charge < -0.3 is 9.47 Å². The molecule has 1 rings (SSSR count). The zero-order valence-electron chi connectivity index (χ0n) is 21.1. The second-order valence-corrected chi connectivity index (χ2v) is 8.99. The van der Waals surface area contributed by atoms with E-state index < -0.39 is 23.2 Å². The lowest BCUT2D eigenvalue weighted by atomic mass is 9.82. The highest BCUT2D eigenvalue weighted by Crippen LogP contribution is 2.31. The molecule has 0 saturated carbocycles. The summed E-state index contributed by atoms with van der Waals surface area (Å²) in [6.07, 6.45) is 16.7. The molecule has 0 unspecified atom stereocenters. The van der Waals surface area contributed by atoms with Crippen LogP contribution in [-0.4, -0.2) is 18.5 Å². The summed E-state index contributed by atoms with van der Waals surface area (Å²) in [5.74, 6) is -2.13. The Balaban J connectivity index is 2.23. The van der Waals surface area contributed by atoms with E-state index in [1.54, 1.807) is 19.9 Å². The lowest BCUT2D eigenvalue weighted by molar-refractivity contribution is -0.168. The Bertz CT molecular complexity index is 670. The number of esters is 2. The molecule has 0 atom stereocenters. The van der Waals surface area contributed by atoms with Gasteiger partial charge >= 0.3 is 11.9 Å². The molecule has 0 amide bonds. The summed E-state index contributed by atoms with van der Waals surface area (Å²) in [6, 6.07) is 5.69. The average molecular weight is 465 g/mol. The Kier molecular flexibility index (Phi) is 15.5. The van der Waals surface area contributed by atoms with E-state index in [9.17, 15) is 14.0 Å². The molecule has 0 spiro atoms. The molecule has 188 valence electrons. The topological polar surface area (TPSA) is 52.6 Å². The van der Waals surface area contributed by atoms with Gasteiger partial charge in [-0.05, 0) is 31.4 Å². The van der Waals surface area contributed by atoms with Crippen molar-refractivity contribution in [2.75, 3.05) is 6.61 Å². The van der Waals surface area contributed by atoms with E-state index in [1.165, 1.54) is 82.4 Å². The average Bonchev–Trinajstić information content (AvgIpc) is 2.82. The largest absolute Gasteiger partial charge is 0.465 e. The second kappa shape index (κ2) is 17.6. The maximum Gasteiger partial charge on any atom is 0.328 e. The molecule has 1 aromatic rings. The molecule has 0 aliphatic rings. The molecule has 0 bridgehead atoms. The highest BCUT2D eigenvalue weighted by atomic mass is 19.1. The Morgan fingerprint density at radius 2 is 1.21 bits per heavy atom. The number of unbranched alkanes of at least 4 members (excludes halogenated alkanes) is 12. The summed E-state index contributed by atoms with van der Waals surface area (Å²) < 4.78 is 24.5. The molecular formula is C28H45FO4. The van der Waals surface area contributed by atoms with Crippen molar-refractivity contribution in [1.29, 1.82) is 0 Å². The summed E-state index contributed by atoms with van der Waals surface area (Å²) in [6.45, 7) is 6.04. The summed E-state index contributed by atoms with van der Waals surface area (Å²) >= 11 is 0. The van der Waals surface area contributed by atoms with Crippen LogP contribution in [0.4, 0.5) is 4.39 Å². The van der Waals surface area contributed by atoms with Gasteiger partial charge in [-0.25, -0.2) is 4.39 Å². The molecule has 0 N–H and O–H groups in total. The van der Waals surface area contributed by atoms with Crippen LogP contribution >= 0.6 is 0 Å². The van der Waals surface area contributed by atoms with E-state index in [-0.39, 0.29) is 18.6 Å². The fraction of sp³-hybridized carbons (Fsp3) is 0.714. The van der Waals surface area contributed by atoms with E-state index in [0.717, 1.165) is 19.3 Å². The van der Waals surface area contributed by atoms with Gasteiger partial charge in [0, 0.05) is 0 Å². The standard InChI is InChI=1S/C28H45FO4/c1-4-7-8-9-10-11-12-13-14-15-16-17-20-23-32-26(30)28(5-2,6-3)27(31)33-25-22-19-18-21-24(25)29/h18-19,21-22H,4-17,20,23H2,1-3H3. The first-order valence-corrected chi connectivity index (χ1v) is 13.2. The number of benzene rings is 1. The fourth-order valence-corrected chi connectivity index (χ4v) is 4.06. The van der Waals surface area contributed by atoms with Crippen LogP contribution in [0, 0.1) is 11.2 Å². The lowest BCUT2D eigenvalue weighted by Gasteiger charge is -2.26. The third-order valence-corrected chi connectivity index (χ3v) is 6.51. The maximum atomic E-state index is 13.8. The van der Waals surface area contributed by atoms with Crippen molar-refractivity contribution in [2.24, 2.45) is 5.41 Å². The number of ether oxygens (including phenoxy) is 2. The van der Waals surface area contributed by atoms with E-state index in [4.69, 9.17) is 9.47 Å². The van der Waals surface area contributed by atoms with Crippen LogP contribution in [-0.2, 0) is 14.3 Å². The van der Waals surface area contributed by atoms with Crippen LogP contribution in [0.2, 0.25) is 0 Å². The predicted octanol–water partition coefficient (Wildman–Crippen LogP) is 8.17. The molecule has 0 aliphatic carbocycles. The highest BCUT2D eigenvalue weighted by molar-refractivity contribution is 6.00. The molecule has 1 aromatic carbocycles. The zero-order valence-corrected chi connectivity index (χ0v) is 21.1. The van der Waals surface area contributed by atoms with Gasteiger partial charge in [0.1, 0.15) is 0 Å². The summed E-state index contributed by atoms with van der Waals surface area (Å²) in [4.78, 5) is 25.5. The Morgan fingerprint density at radius 3 is 1.70 bits per heavy atom. The van der Waals surface area contributed by atoms with Crippen LogP contribution in [0.1, 0.15) is 117 Å². The lowest BCUT2D eigenvalue weighted by Crippen LogP contribution is -2.42. The minimum atomic E-state index is -1.40. The normalized spacial score (nSPS) is 11.4. The second-order valence-electron chi connectivity index (χ2n) is 8.99. The molecule has 0 heterocycles. The number of carbonyl (C=O) groups excluding carboxylic acids is 2. The van der Waals surface area contributed by atoms with Crippen molar-refractivity contribution < 1.29 is 23.5 Å². The molecule has 5 heteroatoms. The van der Waals surface area contributed by atoms with Crippen LogP contribution in [0.15, 0.2) is 24.3 Å². The predicted molar refractivity (Wildman–Crippen MR) is 132 cm³/mol. The quantitative estimate of drug-likeness (QED) is 0.0896. The third kappa shape index (κ3) is 10.7. The Morgan fingerprint density at radius 1 is 0.727 bits per heavy atom. The number of hydrogen-bond donors (Lipinski definition) is 0. The van der Waals surface area contributed by atoms with Gasteiger partial charge in [-0.2, -0.15) is 0 Å². The number of para-hydroxylation sites is 1. The first-order valence-electron chi connectivity index (χ1n) is 13.2. The van der Waals surface area contributed by atoms with Crippen molar-refractivity contribution in [3.8, 4) is 5.75 Å². The van der Waals surface area contributed by atoms with Crippen molar-refractivity contribution in [3.05, 3.63) is 30.1 Å². The molecule has 0 saturated heterocycles. The van der Waals surface area contributed by atoms with Gasteiger partial charge in [0.05, 0.1) is 6.61 Å². The van der Waals surface area contributed by atoms with Crippen LogP contribution in [0.25, 0.3) is 0 Å². The van der Waals surface area contributed by atoms with Crippen molar-refractivity contribution >= 4 is 11.9 Å². The monoisotopic (exact) mass is 464 g/mol. The summed E-state index contributed by atoms with van der Waals surface area (Å²) in [5, 5.41) is 0. The van der Waals surface area contributed by atoms with E-state index in [0.29, 0.717) is 6.61 Å². The Labute approximate surface area is 200 Å². The van der Waals surface area contributed by atoms with Gasteiger partial charge in [-0.3, -0.25) is 9.59 Å². The first-order chi connectivity index (χ1) is 16.0. The van der Waals surface area contributed by atoms with Gasteiger partial charge in [0.15, 0.2) is 17.0 Å². The minimum Gasteiger partial charge on any atom is -0.465 e. The number of hydrogen-bond acceptors (Lipinski definition) is 4. The molecule has 0 aromatic heterocycles. The highest BCUT2D eigenvalue weighted by Gasteiger charge is 2.46. The molecular weight excluding hydrogens is 419 g/mol. The number of rotatable bonds is 19. The molecule has 0 radical (unpaired) electrons. The van der Waals surface area contributed by atoms with Gasteiger partial charge in [0.2, 0.25) is 0 Å².